The second-order valence-corrected chi connectivity index (χ2v) is 16.6. The van der Waals surface area contributed by atoms with Gasteiger partial charge in [-0.3, -0.25) is 0 Å². The number of aliphatic hydroxyl groups excluding tert-OH is 1. The lowest BCUT2D eigenvalue weighted by Gasteiger charge is -2.52. The van der Waals surface area contributed by atoms with Gasteiger partial charge in [-0.15, -0.1) is 0 Å². The predicted octanol–water partition coefficient (Wildman–Crippen LogP) is 6.83. The highest BCUT2D eigenvalue weighted by atomic mass is 28.4. The summed E-state index contributed by atoms with van der Waals surface area (Å²) in [6.45, 7) is 18.1. The molecule has 0 amide bonds. The van der Waals surface area contributed by atoms with Crippen LogP contribution in [0.4, 0.5) is 0 Å². The average molecular weight is 539 g/mol. The summed E-state index contributed by atoms with van der Waals surface area (Å²) in [6.07, 6.45) is 3.84. The molecule has 1 N–H and O–H groups in total. The lowest BCUT2D eigenvalue weighted by molar-refractivity contribution is -0.260. The molecule has 6 heteroatoms. The smallest absolute Gasteiger partial charge is 0.192 e. The Morgan fingerprint density at radius 2 is 1.63 bits per heavy atom. The van der Waals surface area contributed by atoms with Crippen molar-refractivity contribution in [3.8, 4) is 0 Å². The van der Waals surface area contributed by atoms with Crippen molar-refractivity contribution in [2.24, 2.45) is 0 Å². The van der Waals surface area contributed by atoms with Gasteiger partial charge in [0.15, 0.2) is 8.32 Å². The summed E-state index contributed by atoms with van der Waals surface area (Å²) in [5.41, 5.74) is 1.21. The maximum absolute atomic E-state index is 11.3. The largest absolute Gasteiger partial charge is 0.411 e. The third-order valence-electron chi connectivity index (χ3n) is 7.87. The molecule has 0 radical (unpaired) electrons. The number of rotatable bonds is 12. The zero-order valence-electron chi connectivity index (χ0n) is 23.9. The fraction of sp³-hybridized carbons (Fsp3) is 0.500. The standard InChI is InChI=1S/C32H46O5Si/c1-8-9-20-29(33)32(5)30(37-38(6,7)31(2,3)4)21-27(35-23-26-18-14-11-15-19-26)28(36-32)24-34-22-25-16-12-10-13-17-25/h8-20,27-30,33H,1,21-24H2,2-7H3/b20-9+/t27-,28+,29+,30+,32-/m1/s1. The minimum absolute atomic E-state index is 0.00581. The second-order valence-electron chi connectivity index (χ2n) is 11.8. The van der Waals surface area contributed by atoms with Gasteiger partial charge in [-0.05, 0) is 36.2 Å². The molecule has 0 saturated carbocycles. The van der Waals surface area contributed by atoms with E-state index < -0.39 is 20.0 Å². The summed E-state index contributed by atoms with van der Waals surface area (Å²) in [4.78, 5) is 0. The number of hydrogen-bond donors (Lipinski definition) is 1. The Morgan fingerprint density at radius 1 is 1.05 bits per heavy atom. The van der Waals surface area contributed by atoms with E-state index in [2.05, 4.69) is 52.6 Å². The first-order chi connectivity index (χ1) is 18.0. The fourth-order valence-corrected chi connectivity index (χ4v) is 5.76. The summed E-state index contributed by atoms with van der Waals surface area (Å²) in [7, 11) is -2.19. The number of aliphatic hydroxyl groups is 1. The fourth-order valence-electron chi connectivity index (χ4n) is 4.37. The molecule has 1 aliphatic rings. The van der Waals surface area contributed by atoms with Gasteiger partial charge in [-0.25, -0.2) is 0 Å². The molecule has 208 valence electrons. The summed E-state index contributed by atoms with van der Waals surface area (Å²) < 4.78 is 26.3. The van der Waals surface area contributed by atoms with Crippen LogP contribution in [0.2, 0.25) is 18.1 Å². The van der Waals surface area contributed by atoms with Gasteiger partial charge in [-0.1, -0.05) is 106 Å². The van der Waals surface area contributed by atoms with E-state index in [4.69, 9.17) is 18.6 Å². The van der Waals surface area contributed by atoms with Gasteiger partial charge in [-0.2, -0.15) is 0 Å². The van der Waals surface area contributed by atoms with E-state index in [9.17, 15) is 5.11 Å². The van der Waals surface area contributed by atoms with E-state index in [1.54, 1.807) is 18.2 Å². The van der Waals surface area contributed by atoms with Crippen LogP contribution in [0.15, 0.2) is 85.5 Å². The molecule has 1 saturated heterocycles. The van der Waals surface area contributed by atoms with Crippen LogP contribution in [0, 0.1) is 0 Å². The van der Waals surface area contributed by atoms with Crippen molar-refractivity contribution in [1.82, 2.24) is 0 Å². The van der Waals surface area contributed by atoms with E-state index in [1.165, 1.54) is 0 Å². The first-order valence-corrected chi connectivity index (χ1v) is 16.5. The van der Waals surface area contributed by atoms with E-state index in [-0.39, 0.29) is 23.4 Å². The zero-order valence-corrected chi connectivity index (χ0v) is 24.9. The van der Waals surface area contributed by atoms with Crippen LogP contribution < -0.4 is 0 Å². The normalized spacial score (nSPS) is 25.4. The molecule has 1 fully saturated rings. The second kappa shape index (κ2) is 13.3. The predicted molar refractivity (Wildman–Crippen MR) is 156 cm³/mol. The summed E-state index contributed by atoms with van der Waals surface area (Å²) >= 11 is 0. The van der Waals surface area contributed by atoms with Gasteiger partial charge in [0.25, 0.3) is 0 Å². The minimum Gasteiger partial charge on any atom is -0.411 e. The van der Waals surface area contributed by atoms with Crippen LogP contribution in [0.25, 0.3) is 0 Å². The maximum atomic E-state index is 11.3. The highest BCUT2D eigenvalue weighted by Gasteiger charge is 2.53. The van der Waals surface area contributed by atoms with Crippen LogP contribution >= 0.6 is 0 Å². The molecule has 2 aromatic rings. The van der Waals surface area contributed by atoms with Gasteiger partial charge in [0.2, 0.25) is 0 Å². The first kappa shape index (κ1) is 30.5. The first-order valence-electron chi connectivity index (χ1n) is 13.6. The molecule has 2 aromatic carbocycles. The van der Waals surface area contributed by atoms with Crippen molar-refractivity contribution in [2.45, 2.75) is 95.5 Å². The Kier molecular flexibility index (Phi) is 10.7. The quantitative estimate of drug-likeness (QED) is 0.237. The van der Waals surface area contributed by atoms with Gasteiger partial charge in [0.05, 0.1) is 32.0 Å². The van der Waals surface area contributed by atoms with E-state index in [0.29, 0.717) is 26.2 Å². The highest BCUT2D eigenvalue weighted by molar-refractivity contribution is 6.74. The summed E-state index contributed by atoms with van der Waals surface area (Å²) in [5, 5.41) is 11.3. The summed E-state index contributed by atoms with van der Waals surface area (Å²) in [5.74, 6) is 0. The van der Waals surface area contributed by atoms with Crippen LogP contribution in [0.3, 0.4) is 0 Å². The molecule has 1 aliphatic heterocycles. The molecule has 0 spiro atoms. The van der Waals surface area contributed by atoms with Crippen LogP contribution in [0.1, 0.15) is 45.2 Å². The SMILES string of the molecule is C=C/C=C/[C@H](O)[C@@]1(C)O[C@@H](COCc2ccccc2)[C@H](OCc2ccccc2)C[C@@H]1O[Si](C)(C)C(C)(C)C. The number of allylic oxidation sites excluding steroid dienone is 2. The molecule has 0 aromatic heterocycles. The van der Waals surface area contributed by atoms with Gasteiger partial charge >= 0.3 is 0 Å². The summed E-state index contributed by atoms with van der Waals surface area (Å²) in [6, 6.07) is 20.2. The molecule has 0 aliphatic carbocycles. The Bertz CT molecular complexity index is 1020. The molecule has 1 heterocycles. The number of benzene rings is 2. The van der Waals surface area contributed by atoms with Crippen molar-refractivity contribution in [3.63, 3.8) is 0 Å². The molecular formula is C32H46O5Si. The third kappa shape index (κ3) is 7.98. The van der Waals surface area contributed by atoms with Crippen LogP contribution in [0.5, 0.6) is 0 Å². The molecule has 5 atom stereocenters. The highest BCUT2D eigenvalue weighted by Crippen LogP contribution is 2.43. The zero-order chi connectivity index (χ0) is 27.8. The van der Waals surface area contributed by atoms with Crippen molar-refractivity contribution in [3.05, 3.63) is 96.6 Å². The molecule has 5 nitrogen and oxygen atoms in total. The van der Waals surface area contributed by atoms with Crippen molar-refractivity contribution >= 4 is 8.32 Å². The third-order valence-corrected chi connectivity index (χ3v) is 12.4. The Balaban J connectivity index is 1.87. The van der Waals surface area contributed by atoms with Crippen molar-refractivity contribution in [1.29, 1.82) is 0 Å². The van der Waals surface area contributed by atoms with Gasteiger partial charge in [0, 0.05) is 6.42 Å². The van der Waals surface area contributed by atoms with Crippen molar-refractivity contribution < 1.29 is 23.7 Å². The Hall–Kier alpha value is -2.06. The molecule has 3 rings (SSSR count). The minimum atomic E-state index is -2.19. The van der Waals surface area contributed by atoms with E-state index >= 15 is 0 Å². The number of ether oxygens (including phenoxy) is 3. The Labute approximate surface area is 230 Å². The lowest BCUT2D eigenvalue weighted by atomic mass is 9.84. The van der Waals surface area contributed by atoms with Crippen LogP contribution in [-0.4, -0.2) is 50.0 Å². The van der Waals surface area contributed by atoms with Crippen LogP contribution in [-0.2, 0) is 31.9 Å². The van der Waals surface area contributed by atoms with Crippen molar-refractivity contribution in [2.75, 3.05) is 6.61 Å². The van der Waals surface area contributed by atoms with Gasteiger partial charge in [0.1, 0.15) is 17.8 Å². The van der Waals surface area contributed by atoms with Gasteiger partial charge < -0.3 is 23.7 Å². The Morgan fingerprint density at radius 3 is 2.18 bits per heavy atom. The molecule has 0 bridgehead atoms. The topological polar surface area (TPSA) is 57.2 Å². The van der Waals surface area contributed by atoms with E-state index in [1.807, 2.05) is 55.5 Å². The van der Waals surface area contributed by atoms with E-state index in [0.717, 1.165) is 11.1 Å². The molecular weight excluding hydrogens is 492 g/mol. The monoisotopic (exact) mass is 538 g/mol. The number of hydrogen-bond acceptors (Lipinski definition) is 5. The molecule has 0 unspecified atom stereocenters. The average Bonchev–Trinajstić information content (AvgIpc) is 2.88. The maximum Gasteiger partial charge on any atom is 0.192 e. The lowest BCUT2D eigenvalue weighted by Crippen LogP contribution is -2.64. The molecule has 38 heavy (non-hydrogen) atoms.